The average molecular weight is 234 g/mol. The van der Waals surface area contributed by atoms with Crippen molar-refractivity contribution in [1.29, 1.82) is 0 Å². The number of benzene rings is 1. The Labute approximate surface area is 96.1 Å². The van der Waals surface area contributed by atoms with E-state index in [0.29, 0.717) is 5.03 Å². The second-order valence-electron chi connectivity index (χ2n) is 3.16. The van der Waals surface area contributed by atoms with Gasteiger partial charge >= 0.3 is 5.69 Å². The molecular weight excluding hydrogens is 224 g/mol. The second-order valence-corrected chi connectivity index (χ2v) is 4.15. The SMILES string of the molecule is Nc1ccc(CSc2cn[nH]c(=O)n2)cc1. The summed E-state index contributed by atoms with van der Waals surface area (Å²) in [5, 5.41) is 6.51. The summed E-state index contributed by atoms with van der Waals surface area (Å²) in [5.41, 5.74) is 7.02. The highest BCUT2D eigenvalue weighted by atomic mass is 32.2. The molecule has 0 aliphatic rings. The average Bonchev–Trinajstić information content (AvgIpc) is 2.28. The van der Waals surface area contributed by atoms with Crippen LogP contribution in [0.4, 0.5) is 5.69 Å². The summed E-state index contributed by atoms with van der Waals surface area (Å²) in [6.45, 7) is 0. The number of thioether (sulfide) groups is 1. The van der Waals surface area contributed by atoms with Crippen LogP contribution in [0.25, 0.3) is 0 Å². The van der Waals surface area contributed by atoms with Gasteiger partial charge in [-0.2, -0.15) is 10.1 Å². The summed E-state index contributed by atoms with van der Waals surface area (Å²) in [7, 11) is 0. The lowest BCUT2D eigenvalue weighted by Gasteiger charge is -2.00. The van der Waals surface area contributed by atoms with E-state index in [1.165, 1.54) is 18.0 Å². The van der Waals surface area contributed by atoms with Gasteiger partial charge in [0, 0.05) is 11.4 Å². The van der Waals surface area contributed by atoms with E-state index in [2.05, 4.69) is 15.2 Å². The number of nitrogens with one attached hydrogen (secondary N) is 1. The Morgan fingerprint density at radius 2 is 2.06 bits per heavy atom. The fourth-order valence-corrected chi connectivity index (χ4v) is 1.92. The van der Waals surface area contributed by atoms with Crippen molar-refractivity contribution in [3.63, 3.8) is 0 Å². The molecule has 0 atom stereocenters. The summed E-state index contributed by atoms with van der Waals surface area (Å²) in [5.74, 6) is 0.735. The lowest BCUT2D eigenvalue weighted by Crippen LogP contribution is -2.11. The van der Waals surface area contributed by atoms with Crippen LogP contribution in [0.2, 0.25) is 0 Å². The standard InChI is InChI=1S/C10H10N4OS/c11-8-3-1-7(2-4-8)6-16-9-5-12-14-10(15)13-9/h1-5H,6,11H2,(H,13,14,15). The number of H-pyrrole nitrogens is 1. The van der Waals surface area contributed by atoms with E-state index in [1.807, 2.05) is 24.3 Å². The van der Waals surface area contributed by atoms with Gasteiger partial charge in [-0.3, -0.25) is 0 Å². The Bertz CT molecular complexity index is 523. The van der Waals surface area contributed by atoms with Gasteiger partial charge in [-0.25, -0.2) is 9.89 Å². The number of rotatable bonds is 3. The maximum Gasteiger partial charge on any atom is 0.362 e. The molecule has 16 heavy (non-hydrogen) atoms. The minimum absolute atomic E-state index is 0.428. The Hall–Kier alpha value is -1.82. The van der Waals surface area contributed by atoms with Crippen molar-refractivity contribution in [1.82, 2.24) is 15.2 Å². The van der Waals surface area contributed by atoms with Crippen molar-refractivity contribution in [2.75, 3.05) is 5.73 Å². The van der Waals surface area contributed by atoms with E-state index in [4.69, 9.17) is 5.73 Å². The van der Waals surface area contributed by atoms with Gasteiger partial charge in [0.1, 0.15) is 5.03 Å². The summed E-state index contributed by atoms with van der Waals surface area (Å²) in [6.07, 6.45) is 1.53. The quantitative estimate of drug-likeness (QED) is 0.612. The molecule has 0 unspecified atom stereocenters. The normalized spacial score (nSPS) is 10.2. The summed E-state index contributed by atoms with van der Waals surface area (Å²) in [4.78, 5) is 14.7. The largest absolute Gasteiger partial charge is 0.399 e. The van der Waals surface area contributed by atoms with Crippen LogP contribution >= 0.6 is 11.8 Å². The van der Waals surface area contributed by atoms with E-state index in [-0.39, 0.29) is 0 Å². The molecule has 0 aliphatic heterocycles. The zero-order valence-electron chi connectivity index (χ0n) is 8.38. The van der Waals surface area contributed by atoms with E-state index in [0.717, 1.165) is 17.0 Å². The predicted octanol–water partition coefficient (Wildman–Crippen LogP) is 1.04. The molecule has 0 saturated heterocycles. The Balaban J connectivity index is 2.02. The van der Waals surface area contributed by atoms with Gasteiger partial charge in [0.2, 0.25) is 0 Å². The maximum atomic E-state index is 10.9. The number of aromatic amines is 1. The van der Waals surface area contributed by atoms with Crippen LogP contribution in [-0.4, -0.2) is 15.2 Å². The Morgan fingerprint density at radius 1 is 1.31 bits per heavy atom. The fourth-order valence-electron chi connectivity index (χ4n) is 1.14. The van der Waals surface area contributed by atoms with Gasteiger partial charge in [0.25, 0.3) is 0 Å². The maximum absolute atomic E-state index is 10.9. The van der Waals surface area contributed by atoms with Crippen molar-refractivity contribution in [3.8, 4) is 0 Å². The molecule has 2 rings (SSSR count). The molecular formula is C10H10N4OS. The summed E-state index contributed by atoms with van der Waals surface area (Å²) in [6, 6.07) is 7.59. The van der Waals surface area contributed by atoms with Crippen LogP contribution in [-0.2, 0) is 5.75 Å². The zero-order chi connectivity index (χ0) is 11.4. The van der Waals surface area contributed by atoms with E-state index >= 15 is 0 Å². The number of nitrogens with zero attached hydrogens (tertiary/aromatic N) is 2. The third-order valence-electron chi connectivity index (χ3n) is 1.91. The molecule has 0 aliphatic carbocycles. The number of hydrogen-bond acceptors (Lipinski definition) is 5. The molecule has 1 aromatic heterocycles. The van der Waals surface area contributed by atoms with Crippen molar-refractivity contribution in [3.05, 3.63) is 46.5 Å². The Morgan fingerprint density at radius 3 is 2.75 bits per heavy atom. The van der Waals surface area contributed by atoms with Crippen molar-refractivity contribution >= 4 is 17.4 Å². The van der Waals surface area contributed by atoms with Crippen molar-refractivity contribution in [2.45, 2.75) is 10.8 Å². The first kappa shape index (κ1) is 10.7. The topological polar surface area (TPSA) is 84.7 Å². The van der Waals surface area contributed by atoms with Gasteiger partial charge in [0.15, 0.2) is 0 Å². The minimum atomic E-state index is -0.428. The van der Waals surface area contributed by atoms with Crippen LogP contribution in [0, 0.1) is 0 Å². The number of anilines is 1. The zero-order valence-corrected chi connectivity index (χ0v) is 9.20. The smallest absolute Gasteiger partial charge is 0.362 e. The molecule has 1 heterocycles. The molecule has 2 aromatic rings. The molecule has 5 nitrogen and oxygen atoms in total. The van der Waals surface area contributed by atoms with Gasteiger partial charge in [-0.1, -0.05) is 23.9 Å². The third kappa shape index (κ3) is 2.83. The first-order valence-corrected chi connectivity index (χ1v) is 5.61. The second kappa shape index (κ2) is 4.80. The number of aromatic nitrogens is 3. The highest BCUT2D eigenvalue weighted by molar-refractivity contribution is 7.98. The first-order chi connectivity index (χ1) is 7.74. The highest BCUT2D eigenvalue weighted by Gasteiger charge is 1.98. The Kier molecular flexibility index (Phi) is 3.21. The monoisotopic (exact) mass is 234 g/mol. The van der Waals surface area contributed by atoms with E-state index in [1.54, 1.807) is 0 Å². The fraction of sp³-hybridized carbons (Fsp3) is 0.100. The summed E-state index contributed by atoms with van der Waals surface area (Å²) < 4.78 is 0. The van der Waals surface area contributed by atoms with Crippen molar-refractivity contribution < 1.29 is 0 Å². The first-order valence-electron chi connectivity index (χ1n) is 4.63. The van der Waals surface area contributed by atoms with Gasteiger partial charge in [-0.15, -0.1) is 0 Å². The number of nitrogens with two attached hydrogens (primary N) is 1. The third-order valence-corrected chi connectivity index (χ3v) is 2.88. The van der Waals surface area contributed by atoms with Crippen LogP contribution in [0.1, 0.15) is 5.56 Å². The molecule has 1 aromatic carbocycles. The van der Waals surface area contributed by atoms with Crippen LogP contribution in [0.3, 0.4) is 0 Å². The van der Waals surface area contributed by atoms with Crippen molar-refractivity contribution in [2.24, 2.45) is 0 Å². The molecule has 0 bridgehead atoms. The predicted molar refractivity (Wildman–Crippen MR) is 63.1 cm³/mol. The van der Waals surface area contributed by atoms with Gasteiger partial charge in [-0.05, 0) is 17.7 Å². The molecule has 0 spiro atoms. The van der Waals surface area contributed by atoms with Gasteiger partial charge < -0.3 is 5.73 Å². The van der Waals surface area contributed by atoms with Crippen LogP contribution < -0.4 is 11.4 Å². The van der Waals surface area contributed by atoms with Crippen LogP contribution in [0.15, 0.2) is 40.3 Å². The lowest BCUT2D eigenvalue weighted by atomic mass is 10.2. The number of nitrogen functional groups attached to an aromatic ring is 1. The molecule has 0 radical (unpaired) electrons. The lowest BCUT2D eigenvalue weighted by molar-refractivity contribution is 0.852. The molecule has 6 heteroatoms. The van der Waals surface area contributed by atoms with E-state index in [9.17, 15) is 4.79 Å². The summed E-state index contributed by atoms with van der Waals surface area (Å²) >= 11 is 1.46. The van der Waals surface area contributed by atoms with Crippen LogP contribution in [0.5, 0.6) is 0 Å². The van der Waals surface area contributed by atoms with E-state index < -0.39 is 5.69 Å². The minimum Gasteiger partial charge on any atom is -0.399 e. The molecule has 3 N–H and O–H groups in total. The molecule has 82 valence electrons. The van der Waals surface area contributed by atoms with Gasteiger partial charge in [0.05, 0.1) is 6.20 Å². The molecule has 0 fully saturated rings. The molecule has 0 saturated carbocycles. The highest BCUT2D eigenvalue weighted by Crippen LogP contribution is 2.19. The number of hydrogen-bond donors (Lipinski definition) is 2. The molecule has 0 amide bonds.